The van der Waals surface area contributed by atoms with Gasteiger partial charge in [-0.3, -0.25) is 0 Å². The number of hydrogen-bond acceptors (Lipinski definition) is 6. The van der Waals surface area contributed by atoms with E-state index in [4.69, 9.17) is 9.26 Å². The van der Waals surface area contributed by atoms with E-state index >= 15 is 0 Å². The van der Waals surface area contributed by atoms with Crippen LogP contribution in [0.3, 0.4) is 0 Å². The Morgan fingerprint density at radius 1 is 1.59 bits per heavy atom. The van der Waals surface area contributed by atoms with Gasteiger partial charge < -0.3 is 14.6 Å². The molecular formula is C11H17N3O3. The molecule has 1 aromatic heterocycles. The summed E-state index contributed by atoms with van der Waals surface area (Å²) in [6, 6.07) is 0. The molecule has 17 heavy (non-hydrogen) atoms. The third-order valence-corrected chi connectivity index (χ3v) is 1.89. The van der Waals surface area contributed by atoms with Crippen LogP contribution in [0.2, 0.25) is 0 Å². The summed E-state index contributed by atoms with van der Waals surface area (Å²) in [5.74, 6) is 0.938. The molecule has 1 heterocycles. The van der Waals surface area contributed by atoms with Crippen molar-refractivity contribution in [2.45, 2.75) is 20.3 Å². The summed E-state index contributed by atoms with van der Waals surface area (Å²) >= 11 is 0. The Hall–Kier alpha value is -1.69. The normalized spacial score (nSPS) is 10.9. The van der Waals surface area contributed by atoms with Gasteiger partial charge >= 0.3 is 5.97 Å². The molecule has 0 amide bonds. The number of aryl methyl sites for hydroxylation is 1. The third-order valence-electron chi connectivity index (χ3n) is 1.89. The number of aromatic nitrogens is 2. The smallest absolute Gasteiger partial charge is 0.330 e. The topological polar surface area (TPSA) is 77.2 Å². The SMILES string of the molecule is CCOC(=O)/C=C/CNCCc1nc(C)no1. The first-order valence-electron chi connectivity index (χ1n) is 5.55. The molecule has 0 bridgehead atoms. The zero-order valence-electron chi connectivity index (χ0n) is 10.1. The highest BCUT2D eigenvalue weighted by Crippen LogP contribution is 1.95. The predicted molar refractivity (Wildman–Crippen MR) is 61.4 cm³/mol. The van der Waals surface area contributed by atoms with Gasteiger partial charge in [0.1, 0.15) is 0 Å². The van der Waals surface area contributed by atoms with Gasteiger partial charge in [-0.2, -0.15) is 4.98 Å². The average Bonchev–Trinajstić information content (AvgIpc) is 2.70. The highest BCUT2D eigenvalue weighted by atomic mass is 16.5. The molecule has 0 atom stereocenters. The molecule has 1 aromatic rings. The zero-order valence-corrected chi connectivity index (χ0v) is 10.1. The highest BCUT2D eigenvalue weighted by Gasteiger charge is 2.00. The maximum atomic E-state index is 10.9. The second-order valence-corrected chi connectivity index (χ2v) is 3.34. The van der Waals surface area contributed by atoms with E-state index in [1.165, 1.54) is 6.08 Å². The number of carbonyl (C=O) groups excluding carboxylic acids is 1. The molecule has 0 aliphatic rings. The quantitative estimate of drug-likeness (QED) is 0.427. The van der Waals surface area contributed by atoms with Crippen molar-refractivity contribution in [1.29, 1.82) is 0 Å². The standard InChI is InChI=1S/C11H17N3O3/c1-3-16-11(15)5-4-7-12-8-6-10-13-9(2)14-17-10/h4-5,12H,3,6-8H2,1-2H3/b5-4+. The van der Waals surface area contributed by atoms with Crippen LogP contribution < -0.4 is 5.32 Å². The minimum atomic E-state index is -0.318. The molecular weight excluding hydrogens is 222 g/mol. The lowest BCUT2D eigenvalue weighted by molar-refractivity contribution is -0.137. The summed E-state index contributed by atoms with van der Waals surface area (Å²) in [7, 11) is 0. The lowest BCUT2D eigenvalue weighted by Gasteiger charge is -1.98. The third kappa shape index (κ3) is 5.82. The van der Waals surface area contributed by atoms with Crippen molar-refractivity contribution in [2.75, 3.05) is 19.7 Å². The fraction of sp³-hybridized carbons (Fsp3) is 0.545. The molecule has 0 aromatic carbocycles. The van der Waals surface area contributed by atoms with E-state index in [0.717, 1.165) is 6.54 Å². The molecule has 0 radical (unpaired) electrons. The van der Waals surface area contributed by atoms with Crippen LogP contribution in [0, 0.1) is 6.92 Å². The van der Waals surface area contributed by atoms with E-state index in [0.29, 0.717) is 31.3 Å². The molecule has 0 saturated carbocycles. The van der Waals surface area contributed by atoms with Gasteiger partial charge in [-0.1, -0.05) is 11.2 Å². The first kappa shape index (κ1) is 13.4. The Balaban J connectivity index is 2.06. The van der Waals surface area contributed by atoms with Crippen molar-refractivity contribution in [2.24, 2.45) is 0 Å². The molecule has 0 aliphatic heterocycles. The van der Waals surface area contributed by atoms with Gasteiger partial charge in [0.2, 0.25) is 5.89 Å². The lowest BCUT2D eigenvalue weighted by atomic mass is 10.4. The fourth-order valence-electron chi connectivity index (χ4n) is 1.17. The van der Waals surface area contributed by atoms with Gasteiger partial charge in [0.25, 0.3) is 0 Å². The number of esters is 1. The first-order chi connectivity index (χ1) is 8.22. The molecule has 6 nitrogen and oxygen atoms in total. The van der Waals surface area contributed by atoms with Gasteiger partial charge in [0.15, 0.2) is 5.82 Å². The Kier molecular flexibility index (Phi) is 5.95. The molecule has 1 rings (SSSR count). The van der Waals surface area contributed by atoms with Crippen LogP contribution in [0.4, 0.5) is 0 Å². The number of nitrogens with zero attached hydrogens (tertiary/aromatic N) is 2. The number of rotatable bonds is 7. The van der Waals surface area contributed by atoms with Crippen LogP contribution in [0.1, 0.15) is 18.6 Å². The van der Waals surface area contributed by atoms with Crippen molar-refractivity contribution in [3.8, 4) is 0 Å². The summed E-state index contributed by atoms with van der Waals surface area (Å²) in [6.45, 7) is 5.27. The van der Waals surface area contributed by atoms with Crippen molar-refractivity contribution in [1.82, 2.24) is 15.5 Å². The molecule has 0 spiro atoms. The van der Waals surface area contributed by atoms with Crippen molar-refractivity contribution in [3.63, 3.8) is 0 Å². The molecule has 6 heteroatoms. The number of carbonyl (C=O) groups is 1. The Morgan fingerprint density at radius 2 is 2.41 bits per heavy atom. The summed E-state index contributed by atoms with van der Waals surface area (Å²) in [5, 5.41) is 6.80. The minimum Gasteiger partial charge on any atom is -0.463 e. The zero-order chi connectivity index (χ0) is 12.5. The Morgan fingerprint density at radius 3 is 3.06 bits per heavy atom. The van der Waals surface area contributed by atoms with Crippen LogP contribution >= 0.6 is 0 Å². The highest BCUT2D eigenvalue weighted by molar-refractivity contribution is 5.81. The van der Waals surface area contributed by atoms with Crippen molar-refractivity contribution in [3.05, 3.63) is 23.9 Å². The number of ether oxygens (including phenoxy) is 1. The maximum absolute atomic E-state index is 10.9. The summed E-state index contributed by atoms with van der Waals surface area (Å²) in [6.07, 6.45) is 3.80. The summed E-state index contributed by atoms with van der Waals surface area (Å²) in [5.41, 5.74) is 0. The Bertz CT molecular complexity index is 374. The van der Waals surface area contributed by atoms with E-state index in [1.807, 2.05) is 0 Å². The largest absolute Gasteiger partial charge is 0.463 e. The number of hydrogen-bond donors (Lipinski definition) is 1. The van der Waals surface area contributed by atoms with Gasteiger partial charge in [-0.15, -0.1) is 0 Å². The summed E-state index contributed by atoms with van der Waals surface area (Å²) < 4.78 is 9.68. The minimum absolute atomic E-state index is 0.318. The second kappa shape index (κ2) is 7.56. The van der Waals surface area contributed by atoms with Crippen LogP contribution in [0.15, 0.2) is 16.7 Å². The molecule has 0 saturated heterocycles. The maximum Gasteiger partial charge on any atom is 0.330 e. The molecule has 1 N–H and O–H groups in total. The average molecular weight is 239 g/mol. The molecule has 0 aliphatic carbocycles. The van der Waals surface area contributed by atoms with Crippen molar-refractivity contribution < 1.29 is 14.1 Å². The van der Waals surface area contributed by atoms with Crippen LogP contribution in [0.25, 0.3) is 0 Å². The van der Waals surface area contributed by atoms with E-state index in [2.05, 4.69) is 15.5 Å². The number of nitrogens with one attached hydrogen (secondary N) is 1. The van der Waals surface area contributed by atoms with E-state index in [-0.39, 0.29) is 5.97 Å². The first-order valence-corrected chi connectivity index (χ1v) is 5.55. The van der Waals surface area contributed by atoms with Crippen LogP contribution in [-0.4, -0.2) is 35.8 Å². The van der Waals surface area contributed by atoms with Gasteiger partial charge in [-0.05, 0) is 13.8 Å². The monoisotopic (exact) mass is 239 g/mol. The van der Waals surface area contributed by atoms with Crippen LogP contribution in [-0.2, 0) is 16.0 Å². The molecule has 0 fully saturated rings. The van der Waals surface area contributed by atoms with E-state index in [9.17, 15) is 4.79 Å². The fourth-order valence-corrected chi connectivity index (χ4v) is 1.17. The predicted octanol–water partition coefficient (Wildman–Crippen LogP) is 0.629. The van der Waals surface area contributed by atoms with Gasteiger partial charge in [-0.25, -0.2) is 4.79 Å². The van der Waals surface area contributed by atoms with Crippen LogP contribution in [0.5, 0.6) is 0 Å². The molecule has 94 valence electrons. The second-order valence-electron chi connectivity index (χ2n) is 3.34. The van der Waals surface area contributed by atoms with Gasteiger partial charge in [0, 0.05) is 25.6 Å². The van der Waals surface area contributed by atoms with Gasteiger partial charge in [0.05, 0.1) is 6.61 Å². The summed E-state index contributed by atoms with van der Waals surface area (Å²) in [4.78, 5) is 15.0. The van der Waals surface area contributed by atoms with E-state index in [1.54, 1.807) is 19.9 Å². The molecule has 0 unspecified atom stereocenters. The van der Waals surface area contributed by atoms with E-state index < -0.39 is 0 Å². The van der Waals surface area contributed by atoms with Crippen molar-refractivity contribution >= 4 is 5.97 Å². The lowest BCUT2D eigenvalue weighted by Crippen LogP contribution is -2.17. The Labute approximate surface area is 100 Å².